The Morgan fingerprint density at radius 3 is 2.62 bits per heavy atom. The first-order valence-electron chi connectivity index (χ1n) is 7.56. The van der Waals surface area contributed by atoms with Crippen LogP contribution < -0.4 is 10.5 Å². The zero-order chi connectivity index (χ0) is 18.3. The second-order valence-electron chi connectivity index (χ2n) is 5.69. The molecular formula is C17H14N4O3S2. The predicted molar refractivity (Wildman–Crippen MR) is 102 cm³/mol. The molecule has 0 bridgehead atoms. The molecule has 4 aromatic rings. The van der Waals surface area contributed by atoms with E-state index in [2.05, 4.69) is 15.5 Å². The molecule has 2 heterocycles. The van der Waals surface area contributed by atoms with Crippen LogP contribution in [0.1, 0.15) is 0 Å². The number of nitrogens with one attached hydrogen (secondary N) is 2. The van der Waals surface area contributed by atoms with Crippen molar-refractivity contribution < 1.29 is 13.5 Å². The molecule has 2 aromatic heterocycles. The minimum Gasteiger partial charge on any atom is -0.508 e. The van der Waals surface area contributed by atoms with Crippen LogP contribution >= 0.6 is 11.3 Å². The van der Waals surface area contributed by atoms with Crippen LogP contribution in [0.5, 0.6) is 5.75 Å². The number of nitrogens with zero attached hydrogens (tertiary/aromatic N) is 1. The van der Waals surface area contributed by atoms with Crippen LogP contribution in [-0.2, 0) is 10.0 Å². The lowest BCUT2D eigenvalue weighted by molar-refractivity contribution is 0.476. The second-order valence-corrected chi connectivity index (χ2v) is 8.16. The number of anilines is 2. The van der Waals surface area contributed by atoms with E-state index >= 15 is 0 Å². The molecule has 0 radical (unpaired) electrons. The van der Waals surface area contributed by atoms with Crippen LogP contribution in [0.15, 0.2) is 58.8 Å². The molecule has 0 aliphatic heterocycles. The summed E-state index contributed by atoms with van der Waals surface area (Å²) in [6, 6.07) is 13.2. The number of phenols is 1. The van der Waals surface area contributed by atoms with Crippen molar-refractivity contribution in [2.75, 3.05) is 5.32 Å². The Hall–Kier alpha value is -2.88. The maximum absolute atomic E-state index is 11.3. The van der Waals surface area contributed by atoms with Gasteiger partial charge in [-0.3, -0.25) is 5.10 Å². The maximum atomic E-state index is 11.3. The number of phenolic OH excluding ortho intramolecular Hbond substituents is 1. The van der Waals surface area contributed by atoms with Gasteiger partial charge in [-0.05, 0) is 42.5 Å². The van der Waals surface area contributed by atoms with Crippen molar-refractivity contribution in [3.05, 3.63) is 53.9 Å². The number of aromatic nitrogens is 2. The Morgan fingerprint density at radius 2 is 1.88 bits per heavy atom. The zero-order valence-electron chi connectivity index (χ0n) is 13.3. The van der Waals surface area contributed by atoms with Crippen molar-refractivity contribution in [1.29, 1.82) is 0 Å². The maximum Gasteiger partial charge on any atom is 0.238 e. The van der Waals surface area contributed by atoms with Crippen molar-refractivity contribution >= 4 is 43.0 Å². The highest BCUT2D eigenvalue weighted by atomic mass is 32.2. The summed E-state index contributed by atoms with van der Waals surface area (Å²) >= 11 is 1.54. The zero-order valence-corrected chi connectivity index (χ0v) is 14.9. The molecule has 132 valence electrons. The summed E-state index contributed by atoms with van der Waals surface area (Å²) in [5.41, 5.74) is 2.52. The molecule has 9 heteroatoms. The van der Waals surface area contributed by atoms with E-state index in [1.807, 2.05) is 17.5 Å². The van der Waals surface area contributed by atoms with Gasteiger partial charge in [0.15, 0.2) is 5.82 Å². The van der Waals surface area contributed by atoms with Gasteiger partial charge in [0.1, 0.15) is 5.75 Å². The minimum atomic E-state index is -3.71. The van der Waals surface area contributed by atoms with Crippen molar-refractivity contribution in [3.8, 4) is 17.0 Å². The molecular weight excluding hydrogens is 372 g/mol. The number of fused-ring (bicyclic) bond motifs is 1. The fourth-order valence-corrected chi connectivity index (χ4v) is 4.13. The Balaban J connectivity index is 1.60. The van der Waals surface area contributed by atoms with Gasteiger partial charge in [-0.2, -0.15) is 5.10 Å². The lowest BCUT2D eigenvalue weighted by Crippen LogP contribution is -2.11. The van der Waals surface area contributed by atoms with Gasteiger partial charge in [0.2, 0.25) is 10.0 Å². The number of hydrogen-bond donors (Lipinski definition) is 4. The van der Waals surface area contributed by atoms with Crippen LogP contribution in [0.3, 0.4) is 0 Å². The number of aromatic hydroxyl groups is 1. The summed E-state index contributed by atoms with van der Waals surface area (Å²) in [7, 11) is -3.71. The third-order valence-electron chi connectivity index (χ3n) is 3.88. The minimum absolute atomic E-state index is 0.0544. The van der Waals surface area contributed by atoms with E-state index in [1.165, 1.54) is 12.1 Å². The standard InChI is InChI=1S/C17H14N4O3S2/c18-26(23,24)12-4-1-10(2-5-12)19-17-8-15(20-21-17)14-9-25-16-7-11(22)3-6-13(14)16/h1-9,22H,(H2,18,23,24)(H2,19,20,21). The summed E-state index contributed by atoms with van der Waals surface area (Å²) in [5.74, 6) is 0.835. The van der Waals surface area contributed by atoms with E-state index in [0.29, 0.717) is 11.5 Å². The number of nitrogens with two attached hydrogens (primary N) is 1. The predicted octanol–water partition coefficient (Wildman–Crippen LogP) is 3.39. The number of H-pyrrole nitrogens is 1. The summed E-state index contributed by atoms with van der Waals surface area (Å²) in [5, 5.41) is 28.0. The lowest BCUT2D eigenvalue weighted by Gasteiger charge is -2.03. The molecule has 0 fully saturated rings. The Bertz CT molecular complexity index is 1190. The molecule has 7 nitrogen and oxygen atoms in total. The number of primary sulfonamides is 1. The molecule has 0 atom stereocenters. The van der Waals surface area contributed by atoms with Crippen molar-refractivity contribution in [2.24, 2.45) is 5.14 Å². The highest BCUT2D eigenvalue weighted by Crippen LogP contribution is 2.35. The number of aromatic amines is 1. The van der Waals surface area contributed by atoms with Crippen molar-refractivity contribution in [3.63, 3.8) is 0 Å². The van der Waals surface area contributed by atoms with E-state index in [0.717, 1.165) is 21.3 Å². The molecule has 4 rings (SSSR count). The van der Waals surface area contributed by atoms with Crippen LogP contribution in [0, 0.1) is 0 Å². The number of thiophene rings is 1. The van der Waals surface area contributed by atoms with Crippen LogP contribution in [0.2, 0.25) is 0 Å². The molecule has 0 amide bonds. The molecule has 0 saturated carbocycles. The Labute approximate surface area is 153 Å². The average molecular weight is 386 g/mol. The highest BCUT2D eigenvalue weighted by molar-refractivity contribution is 7.89. The molecule has 0 aliphatic rings. The summed E-state index contributed by atoms with van der Waals surface area (Å²) in [6.45, 7) is 0. The van der Waals surface area contributed by atoms with E-state index in [4.69, 9.17) is 5.14 Å². The Kier molecular flexibility index (Phi) is 3.91. The topological polar surface area (TPSA) is 121 Å². The van der Waals surface area contributed by atoms with Gasteiger partial charge in [0, 0.05) is 32.8 Å². The number of hydrogen-bond acceptors (Lipinski definition) is 6. The van der Waals surface area contributed by atoms with E-state index < -0.39 is 10.0 Å². The first-order chi connectivity index (χ1) is 12.4. The SMILES string of the molecule is NS(=O)(=O)c1ccc(Nc2cc(-c3csc4cc(O)ccc34)[nH]n2)cc1. The first kappa shape index (κ1) is 16.6. The van der Waals surface area contributed by atoms with Crippen molar-refractivity contribution in [1.82, 2.24) is 10.2 Å². The molecule has 5 N–H and O–H groups in total. The second kappa shape index (κ2) is 6.13. The van der Waals surface area contributed by atoms with E-state index in [1.54, 1.807) is 35.6 Å². The van der Waals surface area contributed by atoms with Gasteiger partial charge in [0.05, 0.1) is 10.6 Å². The van der Waals surface area contributed by atoms with E-state index in [9.17, 15) is 13.5 Å². The summed E-state index contributed by atoms with van der Waals surface area (Å²) in [6.07, 6.45) is 0. The van der Waals surface area contributed by atoms with Gasteiger partial charge in [-0.25, -0.2) is 13.6 Å². The van der Waals surface area contributed by atoms with Gasteiger partial charge >= 0.3 is 0 Å². The molecule has 0 aliphatic carbocycles. The van der Waals surface area contributed by atoms with Crippen LogP contribution in [0.4, 0.5) is 11.5 Å². The van der Waals surface area contributed by atoms with Crippen LogP contribution in [0.25, 0.3) is 21.3 Å². The molecule has 0 saturated heterocycles. The fraction of sp³-hybridized carbons (Fsp3) is 0. The molecule has 2 aromatic carbocycles. The summed E-state index contributed by atoms with van der Waals surface area (Å²) in [4.78, 5) is 0.0544. The van der Waals surface area contributed by atoms with Gasteiger partial charge in [-0.1, -0.05) is 0 Å². The van der Waals surface area contributed by atoms with Crippen molar-refractivity contribution in [2.45, 2.75) is 4.90 Å². The van der Waals surface area contributed by atoms with Gasteiger partial charge < -0.3 is 10.4 Å². The number of rotatable bonds is 4. The third-order valence-corrected chi connectivity index (χ3v) is 5.76. The molecule has 26 heavy (non-hydrogen) atoms. The fourth-order valence-electron chi connectivity index (χ4n) is 2.63. The Morgan fingerprint density at radius 1 is 1.12 bits per heavy atom. The van der Waals surface area contributed by atoms with Gasteiger partial charge in [0.25, 0.3) is 0 Å². The lowest BCUT2D eigenvalue weighted by atomic mass is 10.1. The van der Waals surface area contributed by atoms with E-state index in [-0.39, 0.29) is 10.6 Å². The normalized spacial score (nSPS) is 11.7. The summed E-state index contributed by atoms with van der Waals surface area (Å²) < 4.78 is 23.6. The monoisotopic (exact) mass is 386 g/mol. The quantitative estimate of drug-likeness (QED) is 0.428. The third kappa shape index (κ3) is 3.15. The number of sulfonamides is 1. The molecule has 0 unspecified atom stereocenters. The van der Waals surface area contributed by atoms with Gasteiger partial charge in [-0.15, -0.1) is 11.3 Å². The smallest absolute Gasteiger partial charge is 0.238 e. The molecule has 0 spiro atoms. The first-order valence-corrected chi connectivity index (χ1v) is 9.99. The largest absolute Gasteiger partial charge is 0.508 e. The van der Waals surface area contributed by atoms with Crippen LogP contribution in [-0.4, -0.2) is 23.7 Å². The number of benzene rings is 2. The highest BCUT2D eigenvalue weighted by Gasteiger charge is 2.11. The average Bonchev–Trinajstić information content (AvgIpc) is 3.20.